The van der Waals surface area contributed by atoms with E-state index >= 15 is 0 Å². The van der Waals surface area contributed by atoms with E-state index in [4.69, 9.17) is 8.83 Å². The second-order valence-electron chi connectivity index (χ2n) is 20.5. The molecule has 60 heavy (non-hydrogen) atoms. The molecule has 0 N–H and O–H groups in total. The van der Waals surface area contributed by atoms with E-state index in [1.165, 1.54) is 67.1 Å². The van der Waals surface area contributed by atoms with Gasteiger partial charge in [-0.15, -0.1) is 0 Å². The number of rotatable bonds is 3. The molecule has 5 heteroatoms. The molecule has 0 bridgehead atoms. The highest BCUT2D eigenvalue weighted by molar-refractivity contribution is 7.00. The van der Waals surface area contributed by atoms with E-state index in [2.05, 4.69) is 190 Å². The highest BCUT2D eigenvalue weighted by atomic mass is 16.3. The number of benzene rings is 6. The summed E-state index contributed by atoms with van der Waals surface area (Å²) in [5.74, 6) is 0. The second-order valence-corrected chi connectivity index (χ2v) is 20.5. The minimum Gasteiger partial charge on any atom is -0.468 e. The molecule has 2 aliphatic heterocycles. The molecule has 4 heterocycles. The van der Waals surface area contributed by atoms with Crippen LogP contribution < -0.4 is 26.4 Å². The van der Waals surface area contributed by atoms with Crippen LogP contribution in [0.5, 0.6) is 0 Å². The first-order chi connectivity index (χ1) is 28.4. The van der Waals surface area contributed by atoms with E-state index in [0.717, 1.165) is 50.1 Å². The molecular formula is C55H55BN2O2. The summed E-state index contributed by atoms with van der Waals surface area (Å²) in [5.41, 5.74) is 22.1. The summed E-state index contributed by atoms with van der Waals surface area (Å²) in [6.45, 7) is 27.3. The van der Waals surface area contributed by atoms with Crippen molar-refractivity contribution in [1.82, 2.24) is 0 Å². The molecule has 4 nitrogen and oxygen atoms in total. The van der Waals surface area contributed by atoms with Crippen molar-refractivity contribution in [1.29, 1.82) is 0 Å². The van der Waals surface area contributed by atoms with Crippen LogP contribution in [0.3, 0.4) is 0 Å². The summed E-state index contributed by atoms with van der Waals surface area (Å²) in [6.07, 6.45) is 1.91. The second kappa shape index (κ2) is 13.0. The van der Waals surface area contributed by atoms with Crippen molar-refractivity contribution in [2.45, 2.75) is 99.3 Å². The Morgan fingerprint density at radius 3 is 1.78 bits per heavy atom. The zero-order valence-corrected chi connectivity index (χ0v) is 37.3. The molecule has 0 aliphatic carbocycles. The number of aryl methyl sites for hydroxylation is 3. The topological polar surface area (TPSA) is 32.8 Å². The highest BCUT2D eigenvalue weighted by Crippen LogP contribution is 2.50. The molecule has 0 fully saturated rings. The molecule has 6 aromatic carbocycles. The summed E-state index contributed by atoms with van der Waals surface area (Å²) >= 11 is 0. The molecule has 2 aromatic heterocycles. The highest BCUT2D eigenvalue weighted by Gasteiger charge is 2.47. The van der Waals surface area contributed by atoms with Gasteiger partial charge in [-0.1, -0.05) is 111 Å². The van der Waals surface area contributed by atoms with Gasteiger partial charge < -0.3 is 18.6 Å². The maximum Gasteiger partial charge on any atom is 0.297 e. The minimum absolute atomic E-state index is 0.0392. The molecule has 0 spiro atoms. The number of anilines is 6. The molecule has 0 atom stereocenters. The van der Waals surface area contributed by atoms with Crippen molar-refractivity contribution < 1.29 is 8.83 Å². The first kappa shape index (κ1) is 38.3. The van der Waals surface area contributed by atoms with Gasteiger partial charge in [-0.3, -0.25) is 0 Å². The van der Waals surface area contributed by atoms with Gasteiger partial charge in [0.05, 0.1) is 23.3 Å². The minimum atomic E-state index is -0.119. The number of hydrogen-bond donors (Lipinski definition) is 0. The molecule has 10 rings (SSSR count). The molecule has 2 aliphatic rings. The Kier molecular flexibility index (Phi) is 8.31. The molecule has 8 aromatic rings. The summed E-state index contributed by atoms with van der Waals surface area (Å²) in [7, 11) is 0. The predicted molar refractivity (Wildman–Crippen MR) is 256 cm³/mol. The van der Waals surface area contributed by atoms with Crippen LogP contribution in [0.15, 0.2) is 124 Å². The Balaban J connectivity index is 1.29. The monoisotopic (exact) mass is 786 g/mol. The lowest BCUT2D eigenvalue weighted by molar-refractivity contribution is 0.590. The van der Waals surface area contributed by atoms with Gasteiger partial charge >= 0.3 is 0 Å². The van der Waals surface area contributed by atoms with Gasteiger partial charge in [0.2, 0.25) is 0 Å². The molecular weight excluding hydrogens is 731 g/mol. The molecule has 0 amide bonds. The van der Waals surface area contributed by atoms with E-state index < -0.39 is 0 Å². The van der Waals surface area contributed by atoms with Crippen molar-refractivity contribution in [2.24, 2.45) is 0 Å². The van der Waals surface area contributed by atoms with Crippen LogP contribution in [0.2, 0.25) is 0 Å². The van der Waals surface area contributed by atoms with E-state index in [0.29, 0.717) is 0 Å². The Hall–Kier alpha value is -5.94. The number of furan rings is 2. The van der Waals surface area contributed by atoms with Gasteiger partial charge in [-0.05, 0) is 148 Å². The van der Waals surface area contributed by atoms with Crippen molar-refractivity contribution in [3.63, 3.8) is 0 Å². The van der Waals surface area contributed by atoms with Gasteiger partial charge in [0.25, 0.3) is 6.71 Å². The van der Waals surface area contributed by atoms with Gasteiger partial charge in [0.15, 0.2) is 0 Å². The maximum atomic E-state index is 7.30. The quantitative estimate of drug-likeness (QED) is 0.167. The number of para-hydroxylation sites is 1. The third-order valence-electron chi connectivity index (χ3n) is 13.0. The van der Waals surface area contributed by atoms with Crippen LogP contribution in [0.4, 0.5) is 34.1 Å². The van der Waals surface area contributed by atoms with Crippen LogP contribution in [0.1, 0.15) is 95.7 Å². The fourth-order valence-electron chi connectivity index (χ4n) is 9.84. The Morgan fingerprint density at radius 1 is 0.517 bits per heavy atom. The predicted octanol–water partition coefficient (Wildman–Crippen LogP) is 13.7. The first-order valence-corrected chi connectivity index (χ1v) is 21.5. The van der Waals surface area contributed by atoms with Gasteiger partial charge in [-0.2, -0.15) is 0 Å². The van der Waals surface area contributed by atoms with Crippen LogP contribution in [-0.4, -0.2) is 6.71 Å². The summed E-state index contributed by atoms with van der Waals surface area (Å²) < 4.78 is 13.4. The van der Waals surface area contributed by atoms with E-state index in [-0.39, 0.29) is 23.0 Å². The maximum absolute atomic E-state index is 7.30. The third kappa shape index (κ3) is 5.87. The van der Waals surface area contributed by atoms with Crippen LogP contribution in [0, 0.1) is 20.8 Å². The van der Waals surface area contributed by atoms with Crippen molar-refractivity contribution in [3.8, 4) is 11.1 Å². The zero-order valence-electron chi connectivity index (χ0n) is 37.3. The molecule has 0 unspecified atom stereocenters. The third-order valence-corrected chi connectivity index (χ3v) is 13.0. The lowest BCUT2D eigenvalue weighted by Crippen LogP contribution is -2.61. The van der Waals surface area contributed by atoms with Gasteiger partial charge in [-0.25, -0.2) is 0 Å². The Bertz CT molecular complexity index is 3010. The number of nitrogens with zero attached hydrogens (tertiary/aromatic N) is 2. The average Bonchev–Trinajstić information content (AvgIpc) is 3.79. The zero-order chi connectivity index (χ0) is 42.2. The van der Waals surface area contributed by atoms with Crippen molar-refractivity contribution in [2.75, 3.05) is 9.80 Å². The summed E-state index contributed by atoms with van der Waals surface area (Å²) in [4.78, 5) is 5.06. The number of fused-ring (bicyclic) bond motifs is 7. The Morgan fingerprint density at radius 2 is 1.12 bits per heavy atom. The fourth-order valence-corrected chi connectivity index (χ4v) is 9.84. The first-order valence-electron chi connectivity index (χ1n) is 21.5. The number of hydrogen-bond acceptors (Lipinski definition) is 4. The SMILES string of the molecule is Cc1cc2c3c(c1)N(c1c(C)cc(-c4coc5ccccc45)cc1C)c1c(oc4ccc(C(C)(C)C)cc14)B3c1cc(C(C)(C)C)ccc1N2c1ccc(C(C)(C)C)cc1. The molecule has 0 saturated heterocycles. The normalized spacial score (nSPS) is 13.9. The van der Waals surface area contributed by atoms with E-state index in [1.807, 2.05) is 18.4 Å². The van der Waals surface area contributed by atoms with Crippen LogP contribution in [0.25, 0.3) is 33.1 Å². The van der Waals surface area contributed by atoms with Gasteiger partial charge in [0, 0.05) is 39.1 Å². The smallest absolute Gasteiger partial charge is 0.297 e. The van der Waals surface area contributed by atoms with Crippen molar-refractivity contribution in [3.05, 3.63) is 149 Å². The molecule has 300 valence electrons. The lowest BCUT2D eigenvalue weighted by atomic mass is 9.35. The Labute approximate surface area is 355 Å². The van der Waals surface area contributed by atoms with Gasteiger partial charge in [0.1, 0.15) is 11.2 Å². The summed E-state index contributed by atoms with van der Waals surface area (Å²) in [5, 5.41) is 2.27. The summed E-state index contributed by atoms with van der Waals surface area (Å²) in [6, 6.07) is 41.0. The van der Waals surface area contributed by atoms with E-state index in [9.17, 15) is 0 Å². The van der Waals surface area contributed by atoms with Crippen LogP contribution in [-0.2, 0) is 16.2 Å². The standard InChI is InChI=1S/C55H55BN2O2/c1-32-25-45-49-46(26-32)58(50-33(2)27-35(28-34(50)3)42-31-59-47-16-14-13-15-40(42)47)51-41-29-37(54(7,8)9)20-24-48(41)60-52(51)56(49)43-30-38(55(10,11)12)19-23-44(43)57(45)39-21-17-36(18-22-39)53(4,5)6/h13-31H,1-12H3. The average molecular weight is 787 g/mol. The largest absolute Gasteiger partial charge is 0.468 e. The van der Waals surface area contributed by atoms with Crippen molar-refractivity contribution >= 4 is 79.4 Å². The van der Waals surface area contributed by atoms with Crippen LogP contribution >= 0.6 is 0 Å². The fraction of sp³-hybridized carbons (Fsp3) is 0.273. The molecule has 0 saturated carbocycles. The van der Waals surface area contributed by atoms with E-state index in [1.54, 1.807) is 0 Å². The molecule has 0 radical (unpaired) electrons. The lowest BCUT2D eigenvalue weighted by Gasteiger charge is -2.43.